The molecule has 1 heterocycles. The molecule has 0 bridgehead atoms. The van der Waals surface area contributed by atoms with Crippen molar-refractivity contribution in [2.24, 2.45) is 0 Å². The minimum Gasteiger partial charge on any atom is -0.497 e. The summed E-state index contributed by atoms with van der Waals surface area (Å²) >= 11 is 0. The first kappa shape index (κ1) is 17.5. The fraction of sp³-hybridized carbons (Fsp3) is 0.318. The van der Waals surface area contributed by atoms with Gasteiger partial charge in [0.15, 0.2) is 6.61 Å². The van der Waals surface area contributed by atoms with Crippen LogP contribution in [0.3, 0.4) is 0 Å². The lowest BCUT2D eigenvalue weighted by Crippen LogP contribution is -2.38. The number of aromatic amines is 1. The van der Waals surface area contributed by atoms with Gasteiger partial charge in [-0.3, -0.25) is 4.79 Å². The van der Waals surface area contributed by atoms with Crippen LogP contribution in [0.15, 0.2) is 36.4 Å². The molecule has 1 unspecified atom stereocenters. The van der Waals surface area contributed by atoms with Crippen LogP contribution < -0.4 is 14.8 Å². The second kappa shape index (κ2) is 6.99. The lowest BCUT2D eigenvalue weighted by atomic mass is 10.1. The van der Waals surface area contributed by atoms with E-state index >= 15 is 0 Å². The van der Waals surface area contributed by atoms with E-state index in [1.165, 1.54) is 22.2 Å². The number of rotatable bonds is 5. The molecule has 0 radical (unpaired) electrons. The number of aromatic nitrogens is 1. The van der Waals surface area contributed by atoms with E-state index in [9.17, 15) is 4.79 Å². The number of fused-ring (bicyclic) bond motifs is 3. The third kappa shape index (κ3) is 3.50. The van der Waals surface area contributed by atoms with E-state index in [0.717, 1.165) is 35.4 Å². The van der Waals surface area contributed by atoms with Crippen molar-refractivity contribution in [3.05, 3.63) is 58.8 Å². The lowest BCUT2D eigenvalue weighted by molar-refractivity contribution is -0.123. The van der Waals surface area contributed by atoms with Gasteiger partial charge in [0.25, 0.3) is 5.91 Å². The number of hydrogen-bond acceptors (Lipinski definition) is 3. The van der Waals surface area contributed by atoms with Crippen molar-refractivity contribution < 1.29 is 14.3 Å². The second-order valence-corrected chi connectivity index (χ2v) is 7.20. The highest BCUT2D eigenvalue weighted by Gasteiger charge is 2.26. The van der Waals surface area contributed by atoms with Gasteiger partial charge in [-0.2, -0.15) is 0 Å². The summed E-state index contributed by atoms with van der Waals surface area (Å²) in [5.74, 6) is 1.48. The third-order valence-corrected chi connectivity index (χ3v) is 5.32. The molecule has 1 aromatic heterocycles. The predicted molar refractivity (Wildman–Crippen MR) is 106 cm³/mol. The predicted octanol–water partition coefficient (Wildman–Crippen LogP) is 3.46. The summed E-state index contributed by atoms with van der Waals surface area (Å²) < 4.78 is 11.0. The van der Waals surface area contributed by atoms with Crippen LogP contribution in [0.4, 0.5) is 0 Å². The van der Waals surface area contributed by atoms with Crippen LogP contribution in [0.1, 0.15) is 22.4 Å². The fourth-order valence-corrected chi connectivity index (χ4v) is 3.71. The number of amides is 1. The van der Waals surface area contributed by atoms with E-state index in [1.807, 2.05) is 37.3 Å². The Morgan fingerprint density at radius 1 is 1.11 bits per heavy atom. The summed E-state index contributed by atoms with van der Waals surface area (Å²) in [6.45, 7) is 4.12. The number of hydrogen-bond donors (Lipinski definition) is 2. The molecule has 1 amide bonds. The van der Waals surface area contributed by atoms with Gasteiger partial charge in [-0.1, -0.05) is 6.07 Å². The molecule has 0 fully saturated rings. The van der Waals surface area contributed by atoms with Crippen molar-refractivity contribution in [3.63, 3.8) is 0 Å². The Balaban J connectivity index is 1.37. The zero-order valence-corrected chi connectivity index (χ0v) is 15.9. The molecule has 4 rings (SSSR count). The minimum absolute atomic E-state index is 0.0293. The van der Waals surface area contributed by atoms with E-state index in [2.05, 4.69) is 23.3 Å². The molecule has 27 heavy (non-hydrogen) atoms. The number of methoxy groups -OCH3 is 1. The summed E-state index contributed by atoms with van der Waals surface area (Å²) in [5.41, 5.74) is 5.94. The van der Waals surface area contributed by atoms with E-state index in [1.54, 1.807) is 7.11 Å². The molecule has 1 atom stereocenters. The molecule has 0 aliphatic heterocycles. The van der Waals surface area contributed by atoms with Crippen molar-refractivity contribution in [1.29, 1.82) is 0 Å². The van der Waals surface area contributed by atoms with Crippen LogP contribution in [0.2, 0.25) is 0 Å². The number of carbonyl (C=O) groups excluding carboxylic acids is 1. The molecule has 5 heteroatoms. The largest absolute Gasteiger partial charge is 0.497 e. The van der Waals surface area contributed by atoms with E-state index in [4.69, 9.17) is 9.47 Å². The van der Waals surface area contributed by atoms with Crippen LogP contribution in [-0.2, 0) is 17.6 Å². The first-order chi connectivity index (χ1) is 13.0. The molecule has 2 N–H and O–H groups in total. The van der Waals surface area contributed by atoms with Gasteiger partial charge in [0.05, 0.1) is 7.11 Å². The molecular formula is C22H24N2O3. The van der Waals surface area contributed by atoms with Crippen molar-refractivity contribution in [3.8, 4) is 11.5 Å². The molecular weight excluding hydrogens is 340 g/mol. The van der Waals surface area contributed by atoms with Gasteiger partial charge in [0.1, 0.15) is 11.5 Å². The summed E-state index contributed by atoms with van der Waals surface area (Å²) in [6, 6.07) is 12.0. The number of ether oxygens (including phenoxy) is 2. The third-order valence-electron chi connectivity index (χ3n) is 5.32. The number of H-pyrrole nitrogens is 1. The zero-order valence-electron chi connectivity index (χ0n) is 15.9. The number of aryl methyl sites for hydroxylation is 2. The Morgan fingerprint density at radius 2 is 1.93 bits per heavy atom. The molecule has 1 aliphatic carbocycles. The topological polar surface area (TPSA) is 63.3 Å². The van der Waals surface area contributed by atoms with Crippen LogP contribution in [-0.4, -0.2) is 30.6 Å². The highest BCUT2D eigenvalue weighted by atomic mass is 16.5. The van der Waals surface area contributed by atoms with Crippen LogP contribution >= 0.6 is 0 Å². The summed E-state index contributed by atoms with van der Waals surface area (Å²) in [6.07, 6.45) is 1.62. The van der Waals surface area contributed by atoms with Crippen molar-refractivity contribution in [2.45, 2.75) is 32.7 Å². The summed E-state index contributed by atoms with van der Waals surface area (Å²) in [5, 5.41) is 4.26. The zero-order chi connectivity index (χ0) is 19.0. The van der Waals surface area contributed by atoms with Gasteiger partial charge in [0, 0.05) is 29.1 Å². The van der Waals surface area contributed by atoms with Gasteiger partial charge < -0.3 is 19.8 Å². The number of carbonyl (C=O) groups is 1. The van der Waals surface area contributed by atoms with Crippen LogP contribution in [0.25, 0.3) is 10.9 Å². The quantitative estimate of drug-likeness (QED) is 0.729. The maximum atomic E-state index is 12.3. The van der Waals surface area contributed by atoms with Gasteiger partial charge in [-0.15, -0.1) is 0 Å². The monoisotopic (exact) mass is 364 g/mol. The van der Waals surface area contributed by atoms with Gasteiger partial charge in [-0.05, 0) is 67.3 Å². The molecule has 0 saturated heterocycles. The second-order valence-electron chi connectivity index (χ2n) is 7.20. The molecule has 0 saturated carbocycles. The molecule has 2 aromatic carbocycles. The highest BCUT2D eigenvalue weighted by Crippen LogP contribution is 2.32. The van der Waals surface area contributed by atoms with Gasteiger partial charge in [0.2, 0.25) is 0 Å². The first-order valence-electron chi connectivity index (χ1n) is 9.20. The summed E-state index contributed by atoms with van der Waals surface area (Å²) in [4.78, 5) is 15.8. The van der Waals surface area contributed by atoms with E-state index in [-0.39, 0.29) is 18.6 Å². The molecule has 0 spiro atoms. The van der Waals surface area contributed by atoms with Crippen LogP contribution in [0, 0.1) is 13.8 Å². The first-order valence-corrected chi connectivity index (χ1v) is 9.20. The molecule has 3 aromatic rings. The van der Waals surface area contributed by atoms with E-state index in [0.29, 0.717) is 0 Å². The number of nitrogens with one attached hydrogen (secondary N) is 2. The van der Waals surface area contributed by atoms with Crippen LogP contribution in [0.5, 0.6) is 11.5 Å². The SMILES string of the molecule is COc1ccc2[nH]c3c(c2c1)CC(NC(=O)COc1ccc(C)c(C)c1)C3. The van der Waals surface area contributed by atoms with Crippen molar-refractivity contribution in [2.75, 3.05) is 13.7 Å². The van der Waals surface area contributed by atoms with Crippen molar-refractivity contribution >= 4 is 16.8 Å². The number of benzene rings is 2. The van der Waals surface area contributed by atoms with Gasteiger partial charge in [-0.25, -0.2) is 0 Å². The standard InChI is InChI=1S/C22H24N2O3/c1-13-4-5-17(8-14(13)2)27-12-22(25)23-15-9-18-19-11-16(26-3)6-7-20(19)24-21(18)10-15/h4-8,11,15,24H,9-10,12H2,1-3H3,(H,23,25). The molecule has 1 aliphatic rings. The van der Waals surface area contributed by atoms with E-state index < -0.39 is 0 Å². The lowest BCUT2D eigenvalue weighted by Gasteiger charge is -2.13. The normalized spacial score (nSPS) is 15.6. The Kier molecular flexibility index (Phi) is 4.52. The Bertz CT molecular complexity index is 1010. The Labute approximate surface area is 158 Å². The Hall–Kier alpha value is -2.95. The maximum Gasteiger partial charge on any atom is 0.258 e. The average Bonchev–Trinajstić information content (AvgIpc) is 3.19. The molecule has 5 nitrogen and oxygen atoms in total. The smallest absolute Gasteiger partial charge is 0.258 e. The van der Waals surface area contributed by atoms with Crippen molar-refractivity contribution in [1.82, 2.24) is 10.3 Å². The van der Waals surface area contributed by atoms with Gasteiger partial charge >= 0.3 is 0 Å². The molecule has 140 valence electrons. The average molecular weight is 364 g/mol. The summed E-state index contributed by atoms with van der Waals surface area (Å²) in [7, 11) is 1.67. The Morgan fingerprint density at radius 3 is 2.70 bits per heavy atom. The highest BCUT2D eigenvalue weighted by molar-refractivity contribution is 5.87. The minimum atomic E-state index is -0.0923. The maximum absolute atomic E-state index is 12.3. The fourth-order valence-electron chi connectivity index (χ4n) is 3.71.